The second-order valence-corrected chi connectivity index (χ2v) is 8.41. The minimum absolute atomic E-state index is 0.176. The van der Waals surface area contributed by atoms with Gasteiger partial charge in [0.25, 0.3) is 5.91 Å². The van der Waals surface area contributed by atoms with E-state index in [1.807, 2.05) is 55.5 Å². The predicted molar refractivity (Wildman–Crippen MR) is 120 cm³/mol. The Morgan fingerprint density at radius 2 is 1.55 bits per heavy atom. The van der Waals surface area contributed by atoms with Gasteiger partial charge in [0.15, 0.2) is 11.2 Å². The summed E-state index contributed by atoms with van der Waals surface area (Å²) in [6, 6.07) is 15.1. The van der Waals surface area contributed by atoms with Crippen molar-refractivity contribution in [3.8, 4) is 11.5 Å². The Morgan fingerprint density at radius 1 is 0.903 bits per heavy atom. The minimum Gasteiger partial charge on any atom is -0.478 e. The van der Waals surface area contributed by atoms with Crippen LogP contribution in [0.3, 0.4) is 0 Å². The summed E-state index contributed by atoms with van der Waals surface area (Å²) in [7, 11) is 0. The number of hydrogen-bond acceptors (Lipinski definition) is 5. The van der Waals surface area contributed by atoms with E-state index in [0.29, 0.717) is 31.1 Å². The van der Waals surface area contributed by atoms with Crippen LogP contribution in [-0.4, -0.2) is 36.2 Å². The highest BCUT2D eigenvalue weighted by Crippen LogP contribution is 2.21. The van der Waals surface area contributed by atoms with Crippen LogP contribution in [0.2, 0.25) is 0 Å². The summed E-state index contributed by atoms with van der Waals surface area (Å²) < 4.78 is 16.7. The van der Waals surface area contributed by atoms with Gasteiger partial charge in [0.05, 0.1) is 6.61 Å². The highest BCUT2D eigenvalue weighted by atomic mass is 16.6. The molecule has 0 bridgehead atoms. The number of nitrogens with one attached hydrogen (secondary N) is 1. The third-order valence-corrected chi connectivity index (χ3v) is 4.67. The predicted octanol–water partition coefficient (Wildman–Crippen LogP) is 4.23. The molecule has 0 aliphatic heterocycles. The fourth-order valence-electron chi connectivity index (χ4n) is 2.92. The van der Waals surface area contributed by atoms with Crippen molar-refractivity contribution in [1.29, 1.82) is 0 Å². The van der Waals surface area contributed by atoms with Gasteiger partial charge in [-0.25, -0.2) is 4.79 Å². The summed E-state index contributed by atoms with van der Waals surface area (Å²) in [6.07, 6.45) is 0.661. The lowest BCUT2D eigenvalue weighted by atomic mass is 10.1. The van der Waals surface area contributed by atoms with E-state index in [4.69, 9.17) is 14.2 Å². The zero-order valence-electron chi connectivity index (χ0n) is 19.3. The molecule has 2 rings (SSSR count). The van der Waals surface area contributed by atoms with Gasteiger partial charge in [-0.3, -0.25) is 4.79 Å². The van der Waals surface area contributed by atoms with Gasteiger partial charge >= 0.3 is 5.97 Å². The van der Waals surface area contributed by atoms with Gasteiger partial charge in [0, 0.05) is 6.54 Å². The van der Waals surface area contributed by atoms with Crippen molar-refractivity contribution in [2.45, 2.75) is 59.2 Å². The Bertz CT molecular complexity index is 887. The van der Waals surface area contributed by atoms with Gasteiger partial charge in [0.1, 0.15) is 11.5 Å². The Labute approximate surface area is 184 Å². The lowest BCUT2D eigenvalue weighted by Gasteiger charge is -2.25. The van der Waals surface area contributed by atoms with E-state index in [9.17, 15) is 9.59 Å². The summed E-state index contributed by atoms with van der Waals surface area (Å²) in [4.78, 5) is 24.5. The minimum atomic E-state index is -1.06. The fourth-order valence-corrected chi connectivity index (χ4v) is 2.92. The molecule has 0 spiro atoms. The zero-order valence-corrected chi connectivity index (χ0v) is 19.3. The molecule has 2 aromatic carbocycles. The van der Waals surface area contributed by atoms with Gasteiger partial charge in [-0.2, -0.15) is 0 Å². The van der Waals surface area contributed by atoms with Crippen LogP contribution in [0.25, 0.3) is 0 Å². The molecule has 6 heteroatoms. The molecule has 0 fully saturated rings. The maximum atomic E-state index is 12.6. The number of amides is 1. The maximum absolute atomic E-state index is 12.6. The van der Waals surface area contributed by atoms with Crippen molar-refractivity contribution >= 4 is 11.9 Å². The summed E-state index contributed by atoms with van der Waals surface area (Å²) >= 11 is 0. The smallest absolute Gasteiger partial charge is 0.349 e. The van der Waals surface area contributed by atoms with Crippen molar-refractivity contribution in [2.75, 3.05) is 13.2 Å². The van der Waals surface area contributed by atoms with Gasteiger partial charge in [0.2, 0.25) is 0 Å². The standard InChI is InChI=1S/C25H33NO5/c1-7-29-23(28)25(5,6)30-20-13-11-19(12-14-20)15-16-26-22(27)24(3,4)31-21-10-8-9-18(2)17-21/h8-14,17H,7,15-16H2,1-6H3,(H,26,27). The Hall–Kier alpha value is -3.02. The molecule has 0 saturated heterocycles. The molecule has 0 unspecified atom stereocenters. The molecular weight excluding hydrogens is 394 g/mol. The number of esters is 1. The first-order valence-corrected chi connectivity index (χ1v) is 10.5. The highest BCUT2D eigenvalue weighted by Gasteiger charge is 2.31. The van der Waals surface area contributed by atoms with Crippen LogP contribution >= 0.6 is 0 Å². The molecule has 0 aliphatic carbocycles. The van der Waals surface area contributed by atoms with Crippen LogP contribution in [0.15, 0.2) is 48.5 Å². The first-order valence-electron chi connectivity index (χ1n) is 10.5. The molecule has 1 amide bonds. The molecule has 168 valence electrons. The third-order valence-electron chi connectivity index (χ3n) is 4.67. The molecule has 0 heterocycles. The van der Waals surface area contributed by atoms with Crippen molar-refractivity contribution in [3.63, 3.8) is 0 Å². The zero-order chi connectivity index (χ0) is 23.1. The van der Waals surface area contributed by atoms with Gasteiger partial charge < -0.3 is 19.5 Å². The average Bonchev–Trinajstić information content (AvgIpc) is 2.69. The molecule has 0 saturated carbocycles. The Kier molecular flexibility index (Phi) is 8.08. The number of benzene rings is 2. The molecule has 0 aliphatic rings. The van der Waals surface area contributed by atoms with Gasteiger partial charge in [-0.05, 0) is 83.4 Å². The van der Waals surface area contributed by atoms with Crippen LogP contribution in [0.5, 0.6) is 11.5 Å². The average molecular weight is 428 g/mol. The topological polar surface area (TPSA) is 73.9 Å². The Balaban J connectivity index is 1.85. The van der Waals surface area contributed by atoms with Crippen LogP contribution in [0.1, 0.15) is 45.7 Å². The molecule has 1 N–H and O–H groups in total. The van der Waals surface area contributed by atoms with Crippen LogP contribution in [0, 0.1) is 6.92 Å². The van der Waals surface area contributed by atoms with E-state index in [0.717, 1.165) is 11.1 Å². The molecule has 0 atom stereocenters. The third kappa shape index (κ3) is 7.31. The molecule has 31 heavy (non-hydrogen) atoms. The number of ether oxygens (including phenoxy) is 3. The molecular formula is C25H33NO5. The second kappa shape index (κ2) is 10.3. The van der Waals surface area contributed by atoms with E-state index >= 15 is 0 Å². The number of rotatable bonds is 10. The first-order chi connectivity index (χ1) is 14.5. The summed E-state index contributed by atoms with van der Waals surface area (Å²) in [5.74, 6) is 0.669. The van der Waals surface area contributed by atoms with E-state index < -0.39 is 17.2 Å². The molecule has 6 nitrogen and oxygen atoms in total. The van der Waals surface area contributed by atoms with Crippen LogP contribution in [-0.2, 0) is 20.7 Å². The van der Waals surface area contributed by atoms with E-state index in [-0.39, 0.29) is 5.91 Å². The first kappa shape index (κ1) is 24.3. The molecule has 0 radical (unpaired) electrons. The lowest BCUT2D eigenvalue weighted by molar-refractivity contribution is -0.158. The summed E-state index contributed by atoms with van der Waals surface area (Å²) in [6.45, 7) is 11.4. The monoisotopic (exact) mass is 427 g/mol. The van der Waals surface area contributed by atoms with E-state index in [1.165, 1.54) is 0 Å². The van der Waals surface area contributed by atoms with Crippen molar-refractivity contribution in [1.82, 2.24) is 5.32 Å². The second-order valence-electron chi connectivity index (χ2n) is 8.41. The SMILES string of the molecule is CCOC(=O)C(C)(C)Oc1ccc(CCNC(=O)C(C)(C)Oc2cccc(C)c2)cc1. The molecule has 0 aromatic heterocycles. The Morgan fingerprint density at radius 3 is 2.16 bits per heavy atom. The number of aryl methyl sites for hydroxylation is 1. The largest absolute Gasteiger partial charge is 0.478 e. The summed E-state index contributed by atoms with van der Waals surface area (Å²) in [5.41, 5.74) is 0.0734. The number of hydrogen-bond donors (Lipinski definition) is 1. The highest BCUT2D eigenvalue weighted by molar-refractivity contribution is 5.84. The van der Waals surface area contributed by atoms with Crippen molar-refractivity contribution < 1.29 is 23.8 Å². The lowest BCUT2D eigenvalue weighted by Crippen LogP contribution is -2.47. The maximum Gasteiger partial charge on any atom is 0.349 e. The van der Waals surface area contributed by atoms with Crippen LogP contribution < -0.4 is 14.8 Å². The van der Waals surface area contributed by atoms with Gasteiger partial charge in [-0.1, -0.05) is 24.3 Å². The summed E-state index contributed by atoms with van der Waals surface area (Å²) in [5, 5.41) is 2.93. The van der Waals surface area contributed by atoms with Crippen LogP contribution in [0.4, 0.5) is 0 Å². The van der Waals surface area contributed by atoms with Crippen molar-refractivity contribution in [2.24, 2.45) is 0 Å². The number of carbonyl (C=O) groups is 2. The van der Waals surface area contributed by atoms with Crippen molar-refractivity contribution in [3.05, 3.63) is 59.7 Å². The van der Waals surface area contributed by atoms with Gasteiger partial charge in [-0.15, -0.1) is 0 Å². The normalized spacial score (nSPS) is 11.5. The van der Waals surface area contributed by atoms with E-state index in [2.05, 4.69) is 5.32 Å². The van der Waals surface area contributed by atoms with E-state index in [1.54, 1.807) is 34.6 Å². The quantitative estimate of drug-likeness (QED) is 0.575. The number of carbonyl (C=O) groups excluding carboxylic acids is 2. The fraction of sp³-hybridized carbons (Fsp3) is 0.440. The molecule has 2 aromatic rings.